The third kappa shape index (κ3) is 2.99. The summed E-state index contributed by atoms with van der Waals surface area (Å²) in [5.41, 5.74) is 0.696. The van der Waals surface area contributed by atoms with Crippen molar-refractivity contribution in [2.24, 2.45) is 0 Å². The summed E-state index contributed by atoms with van der Waals surface area (Å²) in [6.07, 6.45) is 2.67. The van der Waals surface area contributed by atoms with E-state index < -0.39 is 0 Å². The van der Waals surface area contributed by atoms with E-state index in [2.05, 4.69) is 36.1 Å². The number of nitrogens with zero attached hydrogens (tertiary/aromatic N) is 2. The second kappa shape index (κ2) is 6.69. The van der Waals surface area contributed by atoms with E-state index in [1.54, 1.807) is 0 Å². The maximum absolute atomic E-state index is 5.96. The first-order valence-corrected chi connectivity index (χ1v) is 6.85. The number of ether oxygens (including phenoxy) is 1. The summed E-state index contributed by atoms with van der Waals surface area (Å²) in [7, 11) is 1.88. The molecule has 0 fully saturated rings. The molecule has 0 saturated carbocycles. The van der Waals surface area contributed by atoms with E-state index >= 15 is 0 Å². The van der Waals surface area contributed by atoms with E-state index in [0.717, 1.165) is 36.6 Å². The van der Waals surface area contributed by atoms with Gasteiger partial charge in [0.25, 0.3) is 0 Å². The molecule has 0 aromatic carbocycles. The Hall–Kier alpha value is -1.16. The molecule has 4 nitrogen and oxygen atoms in total. The molecule has 0 amide bonds. The van der Waals surface area contributed by atoms with Gasteiger partial charge in [0.1, 0.15) is 11.4 Å². The van der Waals surface area contributed by atoms with Crippen LogP contribution in [-0.4, -0.2) is 23.6 Å². The fourth-order valence-electron chi connectivity index (χ4n) is 2.12. The van der Waals surface area contributed by atoms with Crippen LogP contribution in [-0.2, 0) is 16.8 Å². The lowest BCUT2D eigenvalue weighted by Gasteiger charge is -2.30. The minimum Gasteiger partial charge on any atom is -0.373 e. The molecule has 0 radical (unpaired) electrons. The third-order valence-electron chi connectivity index (χ3n) is 3.37. The first-order chi connectivity index (χ1) is 8.65. The Bertz CT molecular complexity index is 353. The van der Waals surface area contributed by atoms with Gasteiger partial charge in [0.2, 0.25) is 0 Å². The van der Waals surface area contributed by atoms with Crippen LogP contribution in [0.2, 0.25) is 0 Å². The normalized spacial score (nSPS) is 11.6. The highest BCUT2D eigenvalue weighted by molar-refractivity contribution is 5.36. The smallest absolute Gasteiger partial charge is 0.162 e. The molecular weight excluding hydrogens is 226 g/mol. The van der Waals surface area contributed by atoms with Gasteiger partial charge in [0.15, 0.2) is 5.82 Å². The Morgan fingerprint density at radius 1 is 1.17 bits per heavy atom. The van der Waals surface area contributed by atoms with Gasteiger partial charge in [-0.1, -0.05) is 20.8 Å². The van der Waals surface area contributed by atoms with E-state index in [-0.39, 0.29) is 5.60 Å². The van der Waals surface area contributed by atoms with Crippen LogP contribution in [0.5, 0.6) is 0 Å². The molecule has 1 rings (SSSR count). The maximum atomic E-state index is 5.96. The lowest BCUT2D eigenvalue weighted by molar-refractivity contribution is -0.0571. The number of aryl methyl sites for hydroxylation is 1. The van der Waals surface area contributed by atoms with Gasteiger partial charge in [-0.25, -0.2) is 9.97 Å². The first-order valence-electron chi connectivity index (χ1n) is 6.85. The number of hydrogen-bond donors (Lipinski definition) is 1. The van der Waals surface area contributed by atoms with Crippen molar-refractivity contribution in [2.75, 3.05) is 19.0 Å². The maximum Gasteiger partial charge on any atom is 0.162 e. The fraction of sp³-hybridized carbons (Fsp3) is 0.714. The average molecular weight is 251 g/mol. The van der Waals surface area contributed by atoms with Gasteiger partial charge >= 0.3 is 0 Å². The van der Waals surface area contributed by atoms with Crippen molar-refractivity contribution in [1.29, 1.82) is 0 Å². The number of rotatable bonds is 7. The summed E-state index contributed by atoms with van der Waals surface area (Å²) < 4.78 is 5.96. The zero-order valence-corrected chi connectivity index (χ0v) is 12.2. The summed E-state index contributed by atoms with van der Waals surface area (Å²) in [5, 5.41) is 3.10. The molecule has 1 aromatic rings. The number of anilines is 1. The summed E-state index contributed by atoms with van der Waals surface area (Å²) in [4.78, 5) is 9.24. The largest absolute Gasteiger partial charge is 0.373 e. The Kier molecular flexibility index (Phi) is 5.54. The van der Waals surface area contributed by atoms with Gasteiger partial charge in [-0.2, -0.15) is 0 Å². The predicted octanol–water partition coefficient (Wildman–Crippen LogP) is 3.13. The minimum absolute atomic E-state index is 0.356. The van der Waals surface area contributed by atoms with Gasteiger partial charge in [-0.3, -0.25) is 0 Å². The number of aromatic nitrogens is 2. The van der Waals surface area contributed by atoms with Crippen LogP contribution in [0.25, 0.3) is 0 Å². The molecule has 1 heterocycles. The van der Waals surface area contributed by atoms with Gasteiger partial charge < -0.3 is 10.1 Å². The van der Waals surface area contributed by atoms with Crippen LogP contribution in [0, 0.1) is 0 Å². The highest BCUT2D eigenvalue weighted by atomic mass is 16.5. The lowest BCUT2D eigenvalue weighted by Crippen LogP contribution is -2.31. The van der Waals surface area contributed by atoms with Crippen molar-refractivity contribution < 1.29 is 4.74 Å². The zero-order valence-electron chi connectivity index (χ0n) is 12.2. The highest BCUT2D eigenvalue weighted by Crippen LogP contribution is 2.31. The van der Waals surface area contributed by atoms with Crippen molar-refractivity contribution in [2.45, 2.75) is 52.6 Å². The molecule has 0 spiro atoms. The summed E-state index contributed by atoms with van der Waals surface area (Å²) in [6, 6.07) is 1.99. The van der Waals surface area contributed by atoms with Gasteiger partial charge in [-0.15, -0.1) is 0 Å². The van der Waals surface area contributed by atoms with E-state index in [0.29, 0.717) is 6.61 Å². The highest BCUT2D eigenvalue weighted by Gasteiger charge is 2.32. The summed E-state index contributed by atoms with van der Waals surface area (Å²) in [6.45, 7) is 9.05. The molecule has 102 valence electrons. The molecule has 0 atom stereocenters. The Morgan fingerprint density at radius 3 is 2.28 bits per heavy atom. The molecule has 0 aliphatic carbocycles. The molecule has 0 bridgehead atoms. The predicted molar refractivity (Wildman–Crippen MR) is 74.8 cm³/mol. The van der Waals surface area contributed by atoms with Gasteiger partial charge in [0.05, 0.1) is 0 Å². The van der Waals surface area contributed by atoms with Crippen LogP contribution < -0.4 is 5.32 Å². The van der Waals surface area contributed by atoms with Crippen LogP contribution in [0.3, 0.4) is 0 Å². The molecule has 0 aliphatic rings. The van der Waals surface area contributed by atoms with Crippen LogP contribution in [0.4, 0.5) is 5.82 Å². The van der Waals surface area contributed by atoms with Crippen molar-refractivity contribution in [3.63, 3.8) is 0 Å². The molecule has 0 unspecified atom stereocenters. The zero-order chi connectivity index (χ0) is 13.6. The van der Waals surface area contributed by atoms with Gasteiger partial charge in [-0.05, 0) is 26.2 Å². The van der Waals surface area contributed by atoms with Crippen LogP contribution in [0.1, 0.15) is 52.1 Å². The number of hydrogen-bond acceptors (Lipinski definition) is 4. The van der Waals surface area contributed by atoms with Crippen molar-refractivity contribution in [1.82, 2.24) is 9.97 Å². The average Bonchev–Trinajstić information content (AvgIpc) is 2.44. The molecular formula is C14H25N3O. The van der Waals surface area contributed by atoms with E-state index in [1.807, 2.05) is 20.0 Å². The standard InChI is InChI=1S/C14H25N3O/c1-6-11-10-12(15-5)17-13(16-11)14(7-2,8-3)18-9-4/h10H,6-9H2,1-5H3,(H,15,16,17). The van der Waals surface area contributed by atoms with E-state index in [4.69, 9.17) is 4.74 Å². The second-order valence-electron chi connectivity index (χ2n) is 4.31. The SMILES string of the molecule is CCOC(CC)(CC)c1nc(CC)cc(NC)n1. The van der Waals surface area contributed by atoms with E-state index in [9.17, 15) is 0 Å². The Labute approximate surface area is 110 Å². The Balaban J connectivity index is 3.26. The minimum atomic E-state index is -0.356. The molecule has 0 saturated heterocycles. The molecule has 1 N–H and O–H groups in total. The Morgan fingerprint density at radius 2 is 1.83 bits per heavy atom. The van der Waals surface area contributed by atoms with Crippen molar-refractivity contribution in [3.8, 4) is 0 Å². The topological polar surface area (TPSA) is 47.0 Å². The monoisotopic (exact) mass is 251 g/mol. The third-order valence-corrected chi connectivity index (χ3v) is 3.37. The summed E-state index contributed by atoms with van der Waals surface area (Å²) >= 11 is 0. The molecule has 4 heteroatoms. The lowest BCUT2D eigenvalue weighted by atomic mass is 9.95. The fourth-order valence-corrected chi connectivity index (χ4v) is 2.12. The van der Waals surface area contributed by atoms with Crippen molar-refractivity contribution >= 4 is 5.82 Å². The van der Waals surface area contributed by atoms with Crippen molar-refractivity contribution in [3.05, 3.63) is 17.6 Å². The number of nitrogens with one attached hydrogen (secondary N) is 1. The summed E-state index contributed by atoms with van der Waals surface area (Å²) in [5.74, 6) is 1.67. The van der Waals surface area contributed by atoms with Crippen LogP contribution >= 0.6 is 0 Å². The molecule has 18 heavy (non-hydrogen) atoms. The first kappa shape index (κ1) is 14.9. The van der Waals surface area contributed by atoms with Crippen LogP contribution in [0.15, 0.2) is 6.07 Å². The molecule has 1 aromatic heterocycles. The molecule has 0 aliphatic heterocycles. The van der Waals surface area contributed by atoms with E-state index in [1.165, 1.54) is 0 Å². The quantitative estimate of drug-likeness (QED) is 0.808. The van der Waals surface area contributed by atoms with Gasteiger partial charge in [0, 0.05) is 25.4 Å². The second-order valence-corrected chi connectivity index (χ2v) is 4.31.